The van der Waals surface area contributed by atoms with Crippen molar-refractivity contribution >= 4 is 27.6 Å². The first-order valence-electron chi connectivity index (χ1n) is 10.4. The van der Waals surface area contributed by atoms with Crippen molar-refractivity contribution < 1.29 is 27.4 Å². The van der Waals surface area contributed by atoms with Crippen LogP contribution in [-0.4, -0.2) is 79.6 Å². The van der Waals surface area contributed by atoms with Crippen LogP contribution in [0.5, 0.6) is 0 Å². The number of aromatic nitrogens is 5. The third-order valence-electron chi connectivity index (χ3n) is 5.32. The topological polar surface area (TPSA) is 140 Å². The fraction of sp³-hybridized carbons (Fsp3) is 0.684. The quantitative estimate of drug-likeness (QED) is 0.455. The molecule has 12 nitrogen and oxygen atoms in total. The summed E-state index contributed by atoms with van der Waals surface area (Å²) in [5.74, 6) is 0.748. The zero-order valence-electron chi connectivity index (χ0n) is 19.0. The van der Waals surface area contributed by atoms with Crippen LogP contribution < -0.4 is 4.72 Å². The number of nitrogens with one attached hydrogen (secondary N) is 1. The van der Waals surface area contributed by atoms with Crippen LogP contribution in [0.2, 0.25) is 5.02 Å². The van der Waals surface area contributed by atoms with E-state index in [0.29, 0.717) is 17.5 Å². The summed E-state index contributed by atoms with van der Waals surface area (Å²) in [6.07, 6.45) is 3.17. The Bertz CT molecular complexity index is 993. The molecule has 184 valence electrons. The molecular weight excluding hydrogens is 476 g/mol. The van der Waals surface area contributed by atoms with Gasteiger partial charge in [0.15, 0.2) is 11.6 Å². The smallest absolute Gasteiger partial charge is 0.240 e. The molecule has 0 bridgehead atoms. The molecule has 1 saturated heterocycles. The van der Waals surface area contributed by atoms with Crippen molar-refractivity contribution in [2.24, 2.45) is 0 Å². The molecule has 1 aliphatic rings. The highest BCUT2D eigenvalue weighted by atomic mass is 35.5. The average Bonchev–Trinajstić information content (AvgIpc) is 3.45. The van der Waals surface area contributed by atoms with Crippen LogP contribution in [0.3, 0.4) is 0 Å². The van der Waals surface area contributed by atoms with E-state index in [0.717, 1.165) is 12.8 Å². The molecule has 0 radical (unpaired) electrons. The lowest BCUT2D eigenvalue weighted by Crippen LogP contribution is -2.34. The van der Waals surface area contributed by atoms with Crippen LogP contribution in [0.4, 0.5) is 5.95 Å². The molecule has 3 atom stereocenters. The molecular formula is C19H29ClN6O6S. The summed E-state index contributed by atoms with van der Waals surface area (Å²) in [6.45, 7) is 2.62. The Labute approximate surface area is 198 Å². The van der Waals surface area contributed by atoms with E-state index in [9.17, 15) is 8.42 Å². The first kappa shape index (κ1) is 25.7. The van der Waals surface area contributed by atoms with Gasteiger partial charge < -0.3 is 18.9 Å². The number of sulfonamides is 1. The maximum Gasteiger partial charge on any atom is 0.240 e. The van der Waals surface area contributed by atoms with Crippen molar-refractivity contribution in [3.63, 3.8) is 0 Å². The molecule has 0 aromatic carbocycles. The summed E-state index contributed by atoms with van der Waals surface area (Å²) >= 11 is 5.85. The summed E-state index contributed by atoms with van der Waals surface area (Å²) in [4.78, 5) is 8.20. The van der Waals surface area contributed by atoms with Crippen LogP contribution in [0.1, 0.15) is 49.7 Å². The standard InChI is InChI=1S/C19H29ClN6O6S/c1-12(16(31-4)17-21-8-13(20)9-22-17)33(27,28)25-19-24-23-18(15-6-5-7-32-15)26(19)14(10-29-2)11-30-3/h8-9,12,14-16H,5-7,10-11H2,1-4H3,(H,24,25)/t12-,15-,16-/m0/s1. The third kappa shape index (κ3) is 5.97. The van der Waals surface area contributed by atoms with Gasteiger partial charge >= 0.3 is 0 Å². The zero-order chi connectivity index (χ0) is 24.0. The Hall–Kier alpha value is -1.90. The number of rotatable bonds is 12. The molecule has 0 unspecified atom stereocenters. The predicted molar refractivity (Wildman–Crippen MR) is 120 cm³/mol. The minimum atomic E-state index is -4.01. The average molecular weight is 505 g/mol. The van der Waals surface area contributed by atoms with Gasteiger partial charge in [0.25, 0.3) is 0 Å². The second kappa shape index (κ2) is 11.5. The highest BCUT2D eigenvalue weighted by Crippen LogP contribution is 2.32. The number of halogens is 1. The number of methoxy groups -OCH3 is 3. The molecule has 33 heavy (non-hydrogen) atoms. The van der Waals surface area contributed by atoms with E-state index in [-0.39, 0.29) is 37.1 Å². The maximum atomic E-state index is 13.3. The Morgan fingerprint density at radius 2 is 1.88 bits per heavy atom. The van der Waals surface area contributed by atoms with E-state index in [1.54, 1.807) is 18.8 Å². The third-order valence-corrected chi connectivity index (χ3v) is 7.21. The first-order valence-corrected chi connectivity index (χ1v) is 12.3. The van der Waals surface area contributed by atoms with Crippen molar-refractivity contribution in [1.29, 1.82) is 0 Å². The zero-order valence-corrected chi connectivity index (χ0v) is 20.5. The van der Waals surface area contributed by atoms with Crippen molar-refractivity contribution in [1.82, 2.24) is 24.7 Å². The van der Waals surface area contributed by atoms with Gasteiger partial charge in [-0.15, -0.1) is 10.2 Å². The van der Waals surface area contributed by atoms with Gasteiger partial charge in [-0.2, -0.15) is 0 Å². The summed E-state index contributed by atoms with van der Waals surface area (Å²) in [7, 11) is 0.487. The van der Waals surface area contributed by atoms with Gasteiger partial charge in [-0.3, -0.25) is 9.29 Å². The molecule has 0 amide bonds. The largest absolute Gasteiger partial charge is 0.382 e. The lowest BCUT2D eigenvalue weighted by molar-refractivity contribution is 0.0727. The van der Waals surface area contributed by atoms with E-state index in [1.807, 2.05) is 0 Å². The van der Waals surface area contributed by atoms with E-state index in [4.69, 9.17) is 30.5 Å². The Balaban J connectivity index is 1.93. The van der Waals surface area contributed by atoms with Gasteiger partial charge in [0.1, 0.15) is 17.5 Å². The lowest BCUT2D eigenvalue weighted by atomic mass is 10.2. The van der Waals surface area contributed by atoms with Crippen molar-refractivity contribution in [3.8, 4) is 0 Å². The minimum absolute atomic E-state index is 0.0401. The van der Waals surface area contributed by atoms with E-state index in [1.165, 1.54) is 26.4 Å². The highest BCUT2D eigenvalue weighted by molar-refractivity contribution is 7.93. The maximum absolute atomic E-state index is 13.3. The lowest BCUT2D eigenvalue weighted by Gasteiger charge is -2.25. The molecule has 3 heterocycles. The molecule has 2 aromatic rings. The van der Waals surface area contributed by atoms with Crippen molar-refractivity contribution in [3.05, 3.63) is 29.1 Å². The molecule has 1 N–H and O–H groups in total. The Morgan fingerprint density at radius 3 is 2.42 bits per heavy atom. The molecule has 0 spiro atoms. The van der Waals surface area contributed by atoms with Gasteiger partial charge in [0.2, 0.25) is 16.0 Å². The van der Waals surface area contributed by atoms with Crippen LogP contribution in [0, 0.1) is 0 Å². The number of anilines is 1. The van der Waals surface area contributed by atoms with Crippen LogP contribution in [-0.2, 0) is 29.0 Å². The van der Waals surface area contributed by atoms with E-state index >= 15 is 0 Å². The van der Waals surface area contributed by atoms with Crippen LogP contribution >= 0.6 is 11.6 Å². The normalized spacial score (nSPS) is 18.5. The number of ether oxygens (including phenoxy) is 4. The van der Waals surface area contributed by atoms with Gasteiger partial charge in [0.05, 0.1) is 24.3 Å². The second-order valence-corrected chi connectivity index (χ2v) is 10.1. The van der Waals surface area contributed by atoms with Gasteiger partial charge in [0, 0.05) is 40.3 Å². The number of hydrogen-bond acceptors (Lipinski definition) is 10. The second-order valence-electron chi connectivity index (χ2n) is 7.59. The van der Waals surface area contributed by atoms with Crippen LogP contribution in [0.25, 0.3) is 0 Å². The summed E-state index contributed by atoms with van der Waals surface area (Å²) in [5.41, 5.74) is 0. The SMILES string of the molecule is COCC(COC)n1c(NS(=O)(=O)[C@@H](C)[C@H](OC)c2ncc(Cl)cn2)nnc1[C@@H]1CCCO1. The molecule has 14 heteroatoms. The fourth-order valence-electron chi connectivity index (χ4n) is 3.67. The first-order chi connectivity index (χ1) is 15.8. The molecule has 1 fully saturated rings. The molecule has 0 saturated carbocycles. The molecule has 3 rings (SSSR count). The monoisotopic (exact) mass is 504 g/mol. The molecule has 0 aliphatic carbocycles. The minimum Gasteiger partial charge on any atom is -0.382 e. The van der Waals surface area contributed by atoms with Gasteiger partial charge in [-0.05, 0) is 19.8 Å². The summed E-state index contributed by atoms with van der Waals surface area (Å²) < 4.78 is 52.7. The van der Waals surface area contributed by atoms with E-state index in [2.05, 4.69) is 24.9 Å². The van der Waals surface area contributed by atoms with Crippen LogP contribution in [0.15, 0.2) is 12.4 Å². The number of hydrogen-bond donors (Lipinski definition) is 1. The fourth-order valence-corrected chi connectivity index (χ4v) is 4.91. The van der Waals surface area contributed by atoms with Crippen molar-refractivity contribution in [2.75, 3.05) is 45.9 Å². The summed E-state index contributed by atoms with van der Waals surface area (Å²) in [6, 6.07) is -0.375. The highest BCUT2D eigenvalue weighted by Gasteiger charge is 2.36. The Morgan fingerprint density at radius 1 is 1.21 bits per heavy atom. The Kier molecular flexibility index (Phi) is 8.95. The van der Waals surface area contributed by atoms with E-state index < -0.39 is 21.4 Å². The van der Waals surface area contributed by atoms with Crippen molar-refractivity contribution in [2.45, 2.75) is 43.3 Å². The summed E-state index contributed by atoms with van der Waals surface area (Å²) in [5, 5.41) is 7.63. The number of nitrogens with zero attached hydrogens (tertiary/aromatic N) is 5. The van der Waals surface area contributed by atoms with Gasteiger partial charge in [-0.25, -0.2) is 18.4 Å². The molecule has 2 aromatic heterocycles. The predicted octanol–water partition coefficient (Wildman–Crippen LogP) is 1.92. The van der Waals surface area contributed by atoms with Gasteiger partial charge in [-0.1, -0.05) is 11.6 Å². The molecule has 1 aliphatic heterocycles.